The minimum atomic E-state index is 0.459. The lowest BCUT2D eigenvalue weighted by molar-refractivity contribution is 0.593. The molecule has 1 heterocycles. The van der Waals surface area contributed by atoms with Gasteiger partial charge in [0.2, 0.25) is 0 Å². The molecule has 0 saturated carbocycles. The number of rotatable bonds is 8. The molecule has 1 aliphatic heterocycles. The van der Waals surface area contributed by atoms with Crippen molar-refractivity contribution >= 4 is 5.69 Å². The molecule has 0 fully saturated rings. The lowest BCUT2D eigenvalue weighted by Gasteiger charge is -2.32. The second-order valence-electron chi connectivity index (χ2n) is 6.32. The van der Waals surface area contributed by atoms with Gasteiger partial charge in [-0.15, -0.1) is 0 Å². The molecular formula is C19H32N2. The van der Waals surface area contributed by atoms with Crippen LogP contribution in [-0.2, 0) is 6.42 Å². The summed E-state index contributed by atoms with van der Waals surface area (Å²) in [4.78, 5) is 2.61. The Bertz CT molecular complexity index is 428. The summed E-state index contributed by atoms with van der Waals surface area (Å²) in [7, 11) is 0. The molecule has 118 valence electrons. The summed E-state index contributed by atoms with van der Waals surface area (Å²) >= 11 is 0. The average Bonchev–Trinajstić information content (AvgIpc) is 2.51. The summed E-state index contributed by atoms with van der Waals surface area (Å²) in [6.07, 6.45) is 7.95. The molecule has 1 aliphatic rings. The topological polar surface area (TPSA) is 15.3 Å². The Morgan fingerprint density at radius 2 is 2.05 bits per heavy atom. The molecule has 0 saturated heterocycles. The average molecular weight is 288 g/mol. The molecule has 1 aromatic carbocycles. The summed E-state index contributed by atoms with van der Waals surface area (Å²) in [6, 6.07) is 7.56. The van der Waals surface area contributed by atoms with E-state index < -0.39 is 0 Å². The molecular weight excluding hydrogens is 256 g/mol. The third-order valence-electron chi connectivity index (χ3n) is 4.61. The number of anilines is 1. The summed E-state index contributed by atoms with van der Waals surface area (Å²) in [5, 5.41) is 3.51. The Morgan fingerprint density at radius 3 is 2.81 bits per heavy atom. The van der Waals surface area contributed by atoms with Crippen molar-refractivity contribution in [2.75, 3.05) is 24.5 Å². The van der Waals surface area contributed by atoms with Crippen LogP contribution in [0.15, 0.2) is 18.2 Å². The first-order valence-electron chi connectivity index (χ1n) is 8.87. The summed E-state index contributed by atoms with van der Waals surface area (Å²) in [5.74, 6) is 0. The van der Waals surface area contributed by atoms with Gasteiger partial charge in [-0.1, -0.05) is 45.2 Å². The van der Waals surface area contributed by atoms with Crippen LogP contribution in [-0.4, -0.2) is 19.6 Å². The Hall–Kier alpha value is -1.02. The lowest BCUT2D eigenvalue weighted by Crippen LogP contribution is -2.30. The van der Waals surface area contributed by atoms with E-state index in [1.807, 2.05) is 0 Å². The molecule has 0 spiro atoms. The Kier molecular flexibility index (Phi) is 6.56. The minimum Gasteiger partial charge on any atom is -0.371 e. The molecule has 2 rings (SSSR count). The van der Waals surface area contributed by atoms with Crippen molar-refractivity contribution in [2.24, 2.45) is 0 Å². The van der Waals surface area contributed by atoms with Gasteiger partial charge >= 0.3 is 0 Å². The van der Waals surface area contributed by atoms with Crippen molar-refractivity contribution in [3.05, 3.63) is 29.3 Å². The molecule has 0 bridgehead atoms. The highest BCUT2D eigenvalue weighted by atomic mass is 15.1. The first-order valence-corrected chi connectivity index (χ1v) is 8.87. The van der Waals surface area contributed by atoms with Gasteiger partial charge in [-0.2, -0.15) is 0 Å². The third kappa shape index (κ3) is 4.47. The van der Waals surface area contributed by atoms with E-state index >= 15 is 0 Å². The van der Waals surface area contributed by atoms with Gasteiger partial charge < -0.3 is 10.2 Å². The van der Waals surface area contributed by atoms with Crippen molar-refractivity contribution in [1.29, 1.82) is 0 Å². The Labute approximate surface area is 130 Å². The lowest BCUT2D eigenvalue weighted by atomic mass is 9.96. The first-order chi connectivity index (χ1) is 10.3. The molecule has 1 aromatic rings. The van der Waals surface area contributed by atoms with Crippen molar-refractivity contribution in [3.63, 3.8) is 0 Å². The number of nitrogens with one attached hydrogen (secondary N) is 1. The van der Waals surface area contributed by atoms with Crippen molar-refractivity contribution in [3.8, 4) is 0 Å². The second kappa shape index (κ2) is 8.43. The maximum Gasteiger partial charge on any atom is 0.0398 e. The molecule has 0 aromatic heterocycles. The van der Waals surface area contributed by atoms with Gasteiger partial charge in [0, 0.05) is 24.8 Å². The largest absolute Gasteiger partial charge is 0.371 e. The van der Waals surface area contributed by atoms with Gasteiger partial charge in [0.25, 0.3) is 0 Å². The van der Waals surface area contributed by atoms with E-state index in [9.17, 15) is 0 Å². The number of hydrogen-bond donors (Lipinski definition) is 1. The van der Waals surface area contributed by atoms with E-state index in [4.69, 9.17) is 0 Å². The number of hydrogen-bond acceptors (Lipinski definition) is 2. The van der Waals surface area contributed by atoms with Crippen LogP contribution >= 0.6 is 0 Å². The van der Waals surface area contributed by atoms with Crippen LogP contribution < -0.4 is 10.2 Å². The SMILES string of the molecule is CCCCCCN1CCCc2cc(C(C)NCC)ccc21. The molecule has 2 nitrogen and oxygen atoms in total. The molecule has 2 heteroatoms. The fraction of sp³-hybridized carbons (Fsp3) is 0.684. The van der Waals surface area contributed by atoms with Crippen LogP contribution in [0, 0.1) is 0 Å². The van der Waals surface area contributed by atoms with Crippen LogP contribution in [0.4, 0.5) is 5.69 Å². The number of fused-ring (bicyclic) bond motifs is 1. The zero-order chi connectivity index (χ0) is 15.1. The number of nitrogens with zero attached hydrogens (tertiary/aromatic N) is 1. The second-order valence-corrected chi connectivity index (χ2v) is 6.32. The standard InChI is InChI=1S/C19H32N2/c1-4-6-7-8-13-21-14-9-10-18-15-17(11-12-19(18)21)16(3)20-5-2/h11-12,15-16,20H,4-10,13-14H2,1-3H3. The molecule has 0 radical (unpaired) electrons. The van der Waals surface area contributed by atoms with E-state index in [1.165, 1.54) is 62.9 Å². The van der Waals surface area contributed by atoms with Crippen LogP contribution in [0.3, 0.4) is 0 Å². The zero-order valence-electron chi connectivity index (χ0n) is 14.1. The zero-order valence-corrected chi connectivity index (χ0v) is 14.1. The summed E-state index contributed by atoms with van der Waals surface area (Å²) < 4.78 is 0. The highest BCUT2D eigenvalue weighted by molar-refractivity contribution is 5.57. The maximum absolute atomic E-state index is 3.51. The van der Waals surface area contributed by atoms with Crippen molar-refractivity contribution < 1.29 is 0 Å². The van der Waals surface area contributed by atoms with Crippen molar-refractivity contribution in [1.82, 2.24) is 5.32 Å². The van der Waals surface area contributed by atoms with Gasteiger partial charge in [-0.05, 0) is 49.9 Å². The van der Waals surface area contributed by atoms with E-state index in [-0.39, 0.29) is 0 Å². The predicted octanol–water partition coefficient (Wildman–Crippen LogP) is 4.69. The fourth-order valence-electron chi connectivity index (χ4n) is 3.35. The van der Waals surface area contributed by atoms with Gasteiger partial charge in [-0.25, -0.2) is 0 Å². The Balaban J connectivity index is 2.02. The van der Waals surface area contributed by atoms with Crippen molar-refractivity contribution in [2.45, 2.75) is 65.3 Å². The van der Waals surface area contributed by atoms with Crippen LogP contribution in [0.25, 0.3) is 0 Å². The van der Waals surface area contributed by atoms with Gasteiger partial charge in [0.1, 0.15) is 0 Å². The van der Waals surface area contributed by atoms with E-state index in [2.05, 4.69) is 49.2 Å². The quantitative estimate of drug-likeness (QED) is 0.698. The number of unbranched alkanes of at least 4 members (excludes halogenated alkanes) is 3. The first kappa shape index (κ1) is 16.4. The van der Waals surface area contributed by atoms with Gasteiger partial charge in [-0.3, -0.25) is 0 Å². The van der Waals surface area contributed by atoms with Crippen LogP contribution in [0.2, 0.25) is 0 Å². The highest BCUT2D eigenvalue weighted by Gasteiger charge is 2.17. The normalized spacial score (nSPS) is 15.9. The van der Waals surface area contributed by atoms with E-state index in [0.717, 1.165) is 6.54 Å². The van der Waals surface area contributed by atoms with E-state index in [0.29, 0.717) is 6.04 Å². The summed E-state index contributed by atoms with van der Waals surface area (Å²) in [5.41, 5.74) is 4.48. The number of benzene rings is 1. The number of aryl methyl sites for hydroxylation is 1. The Morgan fingerprint density at radius 1 is 1.19 bits per heavy atom. The molecule has 21 heavy (non-hydrogen) atoms. The highest BCUT2D eigenvalue weighted by Crippen LogP contribution is 2.30. The third-order valence-corrected chi connectivity index (χ3v) is 4.61. The molecule has 0 aliphatic carbocycles. The smallest absolute Gasteiger partial charge is 0.0398 e. The minimum absolute atomic E-state index is 0.459. The van der Waals surface area contributed by atoms with Gasteiger partial charge in [0.05, 0.1) is 0 Å². The monoisotopic (exact) mass is 288 g/mol. The molecule has 0 amide bonds. The molecule has 1 atom stereocenters. The predicted molar refractivity (Wildman–Crippen MR) is 93.2 cm³/mol. The van der Waals surface area contributed by atoms with E-state index in [1.54, 1.807) is 5.56 Å². The summed E-state index contributed by atoms with van der Waals surface area (Å²) in [6.45, 7) is 10.2. The maximum atomic E-state index is 3.51. The fourth-order valence-corrected chi connectivity index (χ4v) is 3.35. The van der Waals surface area contributed by atoms with Gasteiger partial charge in [0.15, 0.2) is 0 Å². The molecule has 1 N–H and O–H groups in total. The van der Waals surface area contributed by atoms with Crippen LogP contribution in [0.1, 0.15) is 70.0 Å². The van der Waals surface area contributed by atoms with Crippen LogP contribution in [0.5, 0.6) is 0 Å². The molecule has 1 unspecified atom stereocenters.